The number of nitrogens with zero attached hydrogens (tertiary/aromatic N) is 1. The summed E-state index contributed by atoms with van der Waals surface area (Å²) in [6, 6.07) is 14.9. The smallest absolute Gasteiger partial charge is 0.277 e. The van der Waals surface area contributed by atoms with Crippen molar-refractivity contribution < 1.29 is 14.3 Å². The van der Waals surface area contributed by atoms with Crippen LogP contribution >= 0.6 is 0 Å². The van der Waals surface area contributed by atoms with Crippen LogP contribution in [0.15, 0.2) is 66.3 Å². The monoisotopic (exact) mass is 324 g/mol. The number of carbonyl (C=O) groups excluding carboxylic acids is 1. The molecule has 0 atom stereocenters. The summed E-state index contributed by atoms with van der Waals surface area (Å²) < 4.78 is 10.7. The van der Waals surface area contributed by atoms with Crippen LogP contribution in [0, 0.1) is 0 Å². The molecule has 0 saturated heterocycles. The Hall–Kier alpha value is -3.08. The third-order valence-electron chi connectivity index (χ3n) is 3.23. The van der Waals surface area contributed by atoms with E-state index in [0.717, 1.165) is 11.1 Å². The molecule has 0 aliphatic carbocycles. The highest BCUT2D eigenvalue weighted by molar-refractivity contribution is 5.85. The molecule has 1 N–H and O–H groups in total. The van der Waals surface area contributed by atoms with Crippen molar-refractivity contribution in [3.63, 3.8) is 0 Å². The summed E-state index contributed by atoms with van der Waals surface area (Å²) in [7, 11) is 1.58. The summed E-state index contributed by atoms with van der Waals surface area (Å²) in [6.45, 7) is 3.60. The number of amides is 1. The molecular weight excluding hydrogens is 304 g/mol. The molecule has 0 bridgehead atoms. The van der Waals surface area contributed by atoms with Gasteiger partial charge in [0.15, 0.2) is 6.61 Å². The minimum Gasteiger partial charge on any atom is -0.496 e. The molecule has 0 heterocycles. The van der Waals surface area contributed by atoms with E-state index in [1.807, 2.05) is 48.5 Å². The van der Waals surface area contributed by atoms with Crippen LogP contribution in [0.2, 0.25) is 0 Å². The van der Waals surface area contributed by atoms with Gasteiger partial charge in [0.1, 0.15) is 11.5 Å². The van der Waals surface area contributed by atoms with Crippen LogP contribution in [0.5, 0.6) is 11.5 Å². The lowest BCUT2D eigenvalue weighted by Gasteiger charge is -2.09. The van der Waals surface area contributed by atoms with Crippen molar-refractivity contribution >= 4 is 12.1 Å². The van der Waals surface area contributed by atoms with Gasteiger partial charge in [-0.2, -0.15) is 5.10 Å². The number of nitrogens with one attached hydrogen (secondary N) is 1. The summed E-state index contributed by atoms with van der Waals surface area (Å²) in [5, 5.41) is 3.92. The van der Waals surface area contributed by atoms with Gasteiger partial charge in [0.25, 0.3) is 5.91 Å². The molecule has 0 spiro atoms. The lowest BCUT2D eigenvalue weighted by atomic mass is 10.1. The normalized spacial score (nSPS) is 10.4. The van der Waals surface area contributed by atoms with Crippen molar-refractivity contribution in [1.29, 1.82) is 0 Å². The SMILES string of the molecule is C=CCc1ccccc1OCC(=O)N/N=C/c1ccccc1OC. The number of hydrogen-bond donors (Lipinski definition) is 1. The van der Waals surface area contributed by atoms with E-state index >= 15 is 0 Å². The van der Waals surface area contributed by atoms with Crippen LogP contribution in [0.4, 0.5) is 0 Å². The maximum atomic E-state index is 11.8. The van der Waals surface area contributed by atoms with Crippen molar-refractivity contribution in [3.8, 4) is 11.5 Å². The van der Waals surface area contributed by atoms with Gasteiger partial charge in [0, 0.05) is 5.56 Å². The molecule has 0 radical (unpaired) electrons. The highest BCUT2D eigenvalue weighted by Gasteiger charge is 2.05. The largest absolute Gasteiger partial charge is 0.496 e. The molecule has 0 aliphatic heterocycles. The topological polar surface area (TPSA) is 59.9 Å². The second kappa shape index (κ2) is 9.15. The Balaban J connectivity index is 1.88. The van der Waals surface area contributed by atoms with E-state index < -0.39 is 0 Å². The predicted octanol–water partition coefficient (Wildman–Crippen LogP) is 2.95. The average Bonchev–Trinajstić information content (AvgIpc) is 2.61. The minimum absolute atomic E-state index is 0.114. The fourth-order valence-corrected chi connectivity index (χ4v) is 2.09. The van der Waals surface area contributed by atoms with Gasteiger partial charge in [-0.25, -0.2) is 5.43 Å². The van der Waals surface area contributed by atoms with Gasteiger partial charge in [-0.3, -0.25) is 4.79 Å². The molecular formula is C19H20N2O3. The van der Waals surface area contributed by atoms with Crippen LogP contribution in [0.3, 0.4) is 0 Å². The van der Waals surface area contributed by atoms with Crippen molar-refractivity contribution in [3.05, 3.63) is 72.3 Å². The first-order chi connectivity index (χ1) is 11.7. The van der Waals surface area contributed by atoms with Gasteiger partial charge in [0.05, 0.1) is 13.3 Å². The Morgan fingerprint density at radius 2 is 1.88 bits per heavy atom. The summed E-state index contributed by atoms with van der Waals surface area (Å²) in [5.74, 6) is 1.01. The number of allylic oxidation sites excluding steroid dienone is 1. The zero-order chi connectivity index (χ0) is 17.2. The Kier molecular flexibility index (Phi) is 6.58. The lowest BCUT2D eigenvalue weighted by Crippen LogP contribution is -2.24. The minimum atomic E-state index is -0.338. The van der Waals surface area contributed by atoms with E-state index in [9.17, 15) is 4.79 Å². The molecule has 5 heteroatoms. The number of para-hydroxylation sites is 2. The molecule has 1 amide bonds. The van der Waals surface area contributed by atoms with E-state index in [2.05, 4.69) is 17.1 Å². The Morgan fingerprint density at radius 3 is 2.62 bits per heavy atom. The molecule has 24 heavy (non-hydrogen) atoms. The van der Waals surface area contributed by atoms with Crippen molar-refractivity contribution in [2.24, 2.45) is 5.10 Å². The van der Waals surface area contributed by atoms with Crippen molar-refractivity contribution in [1.82, 2.24) is 5.43 Å². The number of hydrazone groups is 1. The summed E-state index contributed by atoms with van der Waals surface area (Å²) in [6.07, 6.45) is 4.01. The zero-order valence-electron chi connectivity index (χ0n) is 13.6. The van der Waals surface area contributed by atoms with Crippen LogP contribution in [-0.4, -0.2) is 25.8 Å². The van der Waals surface area contributed by atoms with Gasteiger partial charge < -0.3 is 9.47 Å². The molecule has 2 aromatic rings. The number of hydrogen-bond acceptors (Lipinski definition) is 4. The maximum Gasteiger partial charge on any atom is 0.277 e. The molecule has 0 aliphatic rings. The quantitative estimate of drug-likeness (QED) is 0.461. The van der Waals surface area contributed by atoms with Crippen LogP contribution < -0.4 is 14.9 Å². The third kappa shape index (κ3) is 4.98. The van der Waals surface area contributed by atoms with Crippen LogP contribution in [0.25, 0.3) is 0 Å². The average molecular weight is 324 g/mol. The standard InChI is InChI=1S/C19H20N2O3/c1-3-8-15-9-4-7-12-18(15)24-14-19(22)21-20-13-16-10-5-6-11-17(16)23-2/h3-7,9-13H,1,8,14H2,2H3,(H,21,22)/b20-13+. The third-order valence-corrected chi connectivity index (χ3v) is 3.23. The highest BCUT2D eigenvalue weighted by atomic mass is 16.5. The fraction of sp³-hybridized carbons (Fsp3) is 0.158. The first kappa shape index (κ1) is 17.3. The molecule has 0 unspecified atom stereocenters. The van der Waals surface area contributed by atoms with Gasteiger partial charge in [-0.1, -0.05) is 36.4 Å². The molecule has 124 valence electrons. The molecule has 5 nitrogen and oxygen atoms in total. The Bertz CT molecular complexity index is 726. The Labute approximate surface area is 141 Å². The summed E-state index contributed by atoms with van der Waals surface area (Å²) in [4.78, 5) is 11.8. The maximum absolute atomic E-state index is 11.8. The molecule has 0 saturated carbocycles. The predicted molar refractivity (Wildman–Crippen MR) is 94.6 cm³/mol. The van der Waals surface area contributed by atoms with E-state index in [4.69, 9.17) is 9.47 Å². The number of carbonyl (C=O) groups is 1. The van der Waals surface area contributed by atoms with E-state index in [1.54, 1.807) is 13.2 Å². The Morgan fingerprint density at radius 1 is 1.17 bits per heavy atom. The second-order valence-corrected chi connectivity index (χ2v) is 4.92. The van der Waals surface area contributed by atoms with Gasteiger partial charge in [-0.05, 0) is 30.2 Å². The second-order valence-electron chi connectivity index (χ2n) is 4.92. The van der Waals surface area contributed by atoms with Crippen molar-refractivity contribution in [2.45, 2.75) is 6.42 Å². The molecule has 0 fully saturated rings. The fourth-order valence-electron chi connectivity index (χ4n) is 2.09. The van der Waals surface area contributed by atoms with E-state index in [0.29, 0.717) is 17.9 Å². The van der Waals surface area contributed by atoms with Gasteiger partial charge in [0.2, 0.25) is 0 Å². The number of rotatable bonds is 8. The summed E-state index contributed by atoms with van der Waals surface area (Å²) in [5.41, 5.74) is 4.19. The first-order valence-corrected chi connectivity index (χ1v) is 7.51. The molecule has 2 aromatic carbocycles. The highest BCUT2D eigenvalue weighted by Crippen LogP contribution is 2.18. The zero-order valence-corrected chi connectivity index (χ0v) is 13.6. The van der Waals surface area contributed by atoms with E-state index in [-0.39, 0.29) is 12.5 Å². The molecule has 2 rings (SSSR count). The van der Waals surface area contributed by atoms with Crippen molar-refractivity contribution in [2.75, 3.05) is 13.7 Å². The van der Waals surface area contributed by atoms with Crippen LogP contribution in [0.1, 0.15) is 11.1 Å². The van der Waals surface area contributed by atoms with Gasteiger partial charge >= 0.3 is 0 Å². The number of methoxy groups -OCH3 is 1. The number of benzene rings is 2. The molecule has 0 aromatic heterocycles. The van der Waals surface area contributed by atoms with E-state index in [1.165, 1.54) is 6.21 Å². The summed E-state index contributed by atoms with van der Waals surface area (Å²) >= 11 is 0. The lowest BCUT2D eigenvalue weighted by molar-refractivity contribution is -0.123. The number of ether oxygens (including phenoxy) is 2. The van der Waals surface area contributed by atoms with Crippen LogP contribution in [-0.2, 0) is 11.2 Å². The van der Waals surface area contributed by atoms with Gasteiger partial charge in [-0.15, -0.1) is 6.58 Å². The first-order valence-electron chi connectivity index (χ1n) is 7.51.